The zero-order valence-corrected chi connectivity index (χ0v) is 8.40. The average molecular weight is 211 g/mol. The zero-order chi connectivity index (χ0) is 11.1. The van der Waals surface area contributed by atoms with E-state index in [-0.39, 0.29) is 11.2 Å². The topological polar surface area (TPSA) is 53.1 Å². The minimum atomic E-state index is -0.316. The molecule has 0 aliphatic carbocycles. The number of fused-ring (bicyclic) bond motifs is 2. The molecule has 0 fully saturated rings. The number of aromatic hydroxyl groups is 1. The fraction of sp³-hybridized carbons (Fsp3) is 0. The summed E-state index contributed by atoms with van der Waals surface area (Å²) < 4.78 is 0. The van der Waals surface area contributed by atoms with Gasteiger partial charge in [-0.15, -0.1) is 0 Å². The summed E-state index contributed by atoms with van der Waals surface area (Å²) in [5, 5.41) is 11.7. The second-order valence-electron chi connectivity index (χ2n) is 3.74. The zero-order valence-electron chi connectivity index (χ0n) is 8.40. The van der Waals surface area contributed by atoms with E-state index in [1.54, 1.807) is 12.1 Å². The average Bonchev–Trinajstić information content (AvgIpc) is 2.32. The Morgan fingerprint density at radius 1 is 1.06 bits per heavy atom. The quantitative estimate of drug-likeness (QED) is 0.561. The van der Waals surface area contributed by atoms with Crippen LogP contribution >= 0.6 is 0 Å². The lowest BCUT2D eigenvalue weighted by molar-refractivity contribution is 0.471. The van der Waals surface area contributed by atoms with Crippen molar-refractivity contribution in [2.45, 2.75) is 0 Å². The van der Waals surface area contributed by atoms with Gasteiger partial charge in [0.1, 0.15) is 0 Å². The van der Waals surface area contributed by atoms with E-state index >= 15 is 0 Å². The van der Waals surface area contributed by atoms with E-state index in [0.29, 0.717) is 5.39 Å². The van der Waals surface area contributed by atoms with Gasteiger partial charge in [0.05, 0.1) is 0 Å². The number of aromatic nitrogens is 1. The predicted molar refractivity (Wildman–Crippen MR) is 63.7 cm³/mol. The maximum absolute atomic E-state index is 11.7. The molecule has 0 spiro atoms. The Labute approximate surface area is 91.0 Å². The number of rotatable bonds is 0. The third-order valence-electron chi connectivity index (χ3n) is 2.73. The number of nitrogens with one attached hydrogen (secondary N) is 1. The highest BCUT2D eigenvalue weighted by atomic mass is 16.3. The van der Waals surface area contributed by atoms with Crippen molar-refractivity contribution < 1.29 is 5.11 Å². The summed E-state index contributed by atoms with van der Waals surface area (Å²) in [7, 11) is 0. The summed E-state index contributed by atoms with van der Waals surface area (Å²) in [4.78, 5) is 14.8. The van der Waals surface area contributed by atoms with Crippen LogP contribution < -0.4 is 5.43 Å². The van der Waals surface area contributed by atoms with Gasteiger partial charge in [0, 0.05) is 17.1 Å². The molecule has 0 bridgehead atoms. The second kappa shape index (κ2) is 3.10. The molecule has 1 aromatic heterocycles. The van der Waals surface area contributed by atoms with Crippen LogP contribution in [0.3, 0.4) is 0 Å². The molecule has 0 saturated carbocycles. The molecule has 3 aromatic rings. The van der Waals surface area contributed by atoms with Crippen LogP contribution in [-0.4, -0.2) is 10.1 Å². The van der Waals surface area contributed by atoms with Gasteiger partial charge in [0.15, 0.2) is 5.75 Å². The number of H-pyrrole nitrogens is 1. The standard InChI is InChI=1S/C13H9NO2/c15-12-4-3-8-7-11-9(2-1-5-14-11)6-10(8)13(12)16/h1-7,14-15H. The maximum atomic E-state index is 11.7. The van der Waals surface area contributed by atoms with Gasteiger partial charge in [-0.1, -0.05) is 12.1 Å². The fourth-order valence-electron chi connectivity index (χ4n) is 1.90. The minimum Gasteiger partial charge on any atom is -0.504 e. The molecule has 0 saturated heterocycles. The molecular weight excluding hydrogens is 202 g/mol. The van der Waals surface area contributed by atoms with E-state index in [9.17, 15) is 9.90 Å². The van der Waals surface area contributed by atoms with Crippen molar-refractivity contribution in [3.8, 4) is 5.75 Å². The molecule has 1 heterocycles. The van der Waals surface area contributed by atoms with Crippen LogP contribution in [0.5, 0.6) is 5.75 Å². The third-order valence-corrected chi connectivity index (χ3v) is 2.73. The number of phenols is 1. The van der Waals surface area contributed by atoms with Crippen molar-refractivity contribution in [2.24, 2.45) is 0 Å². The van der Waals surface area contributed by atoms with Gasteiger partial charge >= 0.3 is 0 Å². The van der Waals surface area contributed by atoms with Gasteiger partial charge in [0.2, 0.25) is 5.43 Å². The lowest BCUT2D eigenvalue weighted by Crippen LogP contribution is -1.99. The molecule has 3 rings (SSSR count). The summed E-state index contributed by atoms with van der Waals surface area (Å²) in [6.45, 7) is 0. The van der Waals surface area contributed by atoms with Crippen molar-refractivity contribution in [3.63, 3.8) is 0 Å². The first-order valence-electron chi connectivity index (χ1n) is 4.99. The predicted octanol–water partition coefficient (Wildman–Crippen LogP) is 2.39. The summed E-state index contributed by atoms with van der Waals surface area (Å²) in [6, 6.07) is 10.7. The molecule has 0 unspecified atom stereocenters. The Hall–Kier alpha value is -2.29. The first-order chi connectivity index (χ1) is 7.75. The number of hydrogen-bond acceptors (Lipinski definition) is 2. The SMILES string of the molecule is O=c1c(O)ccc2cc3[nH]cccc3cc12. The molecule has 2 N–H and O–H groups in total. The van der Waals surface area contributed by atoms with Crippen molar-refractivity contribution in [3.05, 3.63) is 52.8 Å². The normalized spacial score (nSPS) is 11.0. The van der Waals surface area contributed by atoms with Crippen LogP contribution in [0, 0.1) is 0 Å². The first kappa shape index (κ1) is 8.97. The van der Waals surface area contributed by atoms with Gasteiger partial charge in [0.25, 0.3) is 0 Å². The van der Waals surface area contributed by atoms with Crippen molar-refractivity contribution in [1.82, 2.24) is 4.98 Å². The highest BCUT2D eigenvalue weighted by molar-refractivity contribution is 5.96. The van der Waals surface area contributed by atoms with E-state index in [4.69, 9.17) is 0 Å². The molecular formula is C13H9NO2. The molecule has 2 aromatic carbocycles. The third kappa shape index (κ3) is 1.18. The van der Waals surface area contributed by atoms with Gasteiger partial charge in [-0.05, 0) is 35.0 Å². The van der Waals surface area contributed by atoms with E-state index in [2.05, 4.69) is 4.98 Å². The van der Waals surface area contributed by atoms with Crippen molar-refractivity contribution in [1.29, 1.82) is 0 Å². The van der Waals surface area contributed by atoms with Gasteiger partial charge in [-0.2, -0.15) is 0 Å². The molecule has 0 aliphatic rings. The van der Waals surface area contributed by atoms with Crippen molar-refractivity contribution >= 4 is 21.7 Å². The van der Waals surface area contributed by atoms with Crippen LogP contribution in [0.25, 0.3) is 21.7 Å². The number of hydrogen-bond donors (Lipinski definition) is 2. The van der Waals surface area contributed by atoms with Crippen molar-refractivity contribution in [2.75, 3.05) is 0 Å². The molecule has 0 amide bonds. The Morgan fingerprint density at radius 2 is 1.94 bits per heavy atom. The molecule has 78 valence electrons. The second-order valence-corrected chi connectivity index (χ2v) is 3.74. The Morgan fingerprint density at radius 3 is 2.81 bits per heavy atom. The Bertz CT molecular complexity index is 744. The smallest absolute Gasteiger partial charge is 0.227 e. The largest absolute Gasteiger partial charge is 0.504 e. The summed E-state index contributed by atoms with van der Waals surface area (Å²) in [5.41, 5.74) is 0.656. The Balaban J connectivity index is 2.57. The van der Waals surface area contributed by atoms with Crippen LogP contribution in [0.4, 0.5) is 0 Å². The number of pyridine rings is 1. The molecule has 3 heteroatoms. The molecule has 0 radical (unpaired) electrons. The monoisotopic (exact) mass is 211 g/mol. The fourth-order valence-corrected chi connectivity index (χ4v) is 1.90. The summed E-state index contributed by atoms with van der Waals surface area (Å²) in [6.07, 6.45) is 1.84. The highest BCUT2D eigenvalue weighted by Crippen LogP contribution is 2.20. The highest BCUT2D eigenvalue weighted by Gasteiger charge is 2.04. The minimum absolute atomic E-state index is 0.202. The lowest BCUT2D eigenvalue weighted by Gasteiger charge is -2.01. The number of phenolic OH excluding ortho intramolecular Hbond substituents is 1. The van der Waals surface area contributed by atoms with Gasteiger partial charge in [-0.25, -0.2) is 0 Å². The Kier molecular flexibility index (Phi) is 1.74. The lowest BCUT2D eigenvalue weighted by atomic mass is 10.1. The van der Waals surface area contributed by atoms with Crippen LogP contribution in [0.2, 0.25) is 0 Å². The van der Waals surface area contributed by atoms with E-state index in [0.717, 1.165) is 16.3 Å². The van der Waals surface area contributed by atoms with Crippen LogP contribution in [0.1, 0.15) is 0 Å². The van der Waals surface area contributed by atoms with Crippen LogP contribution in [-0.2, 0) is 0 Å². The van der Waals surface area contributed by atoms with Gasteiger partial charge < -0.3 is 10.1 Å². The van der Waals surface area contributed by atoms with E-state index in [1.165, 1.54) is 6.07 Å². The molecule has 3 nitrogen and oxygen atoms in total. The van der Waals surface area contributed by atoms with E-state index < -0.39 is 0 Å². The number of benzene rings is 2. The molecule has 0 atom stereocenters. The summed E-state index contributed by atoms with van der Waals surface area (Å²) >= 11 is 0. The summed E-state index contributed by atoms with van der Waals surface area (Å²) in [5.74, 6) is -0.202. The van der Waals surface area contributed by atoms with Gasteiger partial charge in [-0.3, -0.25) is 4.79 Å². The first-order valence-corrected chi connectivity index (χ1v) is 4.99. The molecule has 16 heavy (non-hydrogen) atoms. The number of aromatic amines is 1. The van der Waals surface area contributed by atoms with Crippen LogP contribution in [0.15, 0.2) is 47.4 Å². The van der Waals surface area contributed by atoms with E-state index in [1.807, 2.05) is 24.4 Å². The molecule has 0 aliphatic heterocycles. The maximum Gasteiger partial charge on any atom is 0.227 e.